The highest BCUT2D eigenvalue weighted by atomic mass is 32.1. The molecule has 2 heteroatoms. The van der Waals surface area contributed by atoms with E-state index in [-0.39, 0.29) is 6.67 Å². The van der Waals surface area contributed by atoms with Crippen molar-refractivity contribution in [2.24, 2.45) is 0 Å². The number of alkyl halides is 1. The molecule has 0 unspecified atom stereocenters. The van der Waals surface area contributed by atoms with Crippen LogP contribution in [0.15, 0.2) is 0 Å². The van der Waals surface area contributed by atoms with Gasteiger partial charge < -0.3 is 0 Å². The van der Waals surface area contributed by atoms with Crippen LogP contribution in [0.3, 0.4) is 0 Å². The van der Waals surface area contributed by atoms with Gasteiger partial charge in [0.15, 0.2) is 0 Å². The molecular formula is C3H5FS. The number of hydrogen-bond donors (Lipinski definition) is 0. The summed E-state index contributed by atoms with van der Waals surface area (Å²) < 4.78 is 10.9. The first-order valence-electron chi connectivity index (χ1n) is 1.41. The Morgan fingerprint density at radius 3 is 2.40 bits per heavy atom. The van der Waals surface area contributed by atoms with Crippen LogP contribution >= 0.6 is 12.2 Å². The fourth-order valence-corrected chi connectivity index (χ4v) is 0.134. The zero-order valence-corrected chi connectivity index (χ0v) is 3.59. The standard InChI is InChI=1S/C3H5FS/c4-2-1-3-5/h3H,1-2H2. The summed E-state index contributed by atoms with van der Waals surface area (Å²) in [6, 6.07) is 0. The molecule has 0 heterocycles. The first kappa shape index (κ1) is 5.02. The topological polar surface area (TPSA) is 0 Å². The number of rotatable bonds is 2. The van der Waals surface area contributed by atoms with Crippen LogP contribution in [0.2, 0.25) is 0 Å². The normalized spacial score (nSPS) is 7.40. The van der Waals surface area contributed by atoms with Crippen molar-refractivity contribution in [3.63, 3.8) is 0 Å². The van der Waals surface area contributed by atoms with Gasteiger partial charge in [-0.25, -0.2) is 0 Å². The third-order valence-electron chi connectivity index (χ3n) is 0.227. The smallest absolute Gasteiger partial charge is 0.0937 e. The second kappa shape index (κ2) is 4.02. The molecule has 0 aliphatic carbocycles. The summed E-state index contributed by atoms with van der Waals surface area (Å²) in [5, 5.41) is 1.39. The zero-order valence-electron chi connectivity index (χ0n) is 2.78. The van der Waals surface area contributed by atoms with Crippen molar-refractivity contribution in [2.75, 3.05) is 6.67 Å². The molecule has 0 aliphatic rings. The molecule has 0 radical (unpaired) electrons. The quantitative estimate of drug-likeness (QED) is 0.463. The first-order chi connectivity index (χ1) is 2.41. The van der Waals surface area contributed by atoms with E-state index in [1.807, 2.05) is 0 Å². The van der Waals surface area contributed by atoms with Crippen LogP contribution < -0.4 is 0 Å². The Labute approximate surface area is 36.0 Å². The van der Waals surface area contributed by atoms with Crippen LogP contribution in [0.25, 0.3) is 0 Å². The molecule has 0 nitrogen and oxygen atoms in total. The van der Waals surface area contributed by atoms with Crippen LogP contribution in [-0.2, 0) is 0 Å². The molecule has 0 aromatic heterocycles. The molecule has 0 amide bonds. The van der Waals surface area contributed by atoms with Crippen molar-refractivity contribution < 1.29 is 4.39 Å². The molecule has 0 aromatic carbocycles. The zero-order chi connectivity index (χ0) is 4.12. The van der Waals surface area contributed by atoms with E-state index in [2.05, 4.69) is 12.2 Å². The Kier molecular flexibility index (Phi) is 4.04. The van der Waals surface area contributed by atoms with Gasteiger partial charge in [0.1, 0.15) is 0 Å². The molecule has 0 aliphatic heterocycles. The monoisotopic (exact) mass is 92.0 g/mol. The molecule has 0 fully saturated rings. The molecule has 0 bridgehead atoms. The van der Waals surface area contributed by atoms with Gasteiger partial charge in [0.2, 0.25) is 0 Å². The summed E-state index contributed by atoms with van der Waals surface area (Å²) in [6.07, 6.45) is 0.412. The Morgan fingerprint density at radius 2 is 2.40 bits per heavy atom. The molecule has 30 valence electrons. The second-order valence-corrected chi connectivity index (χ2v) is 0.978. The Morgan fingerprint density at radius 1 is 1.80 bits per heavy atom. The van der Waals surface area contributed by atoms with E-state index >= 15 is 0 Å². The summed E-state index contributed by atoms with van der Waals surface area (Å²) in [4.78, 5) is 0. The van der Waals surface area contributed by atoms with Gasteiger partial charge in [-0.2, -0.15) is 0 Å². The van der Waals surface area contributed by atoms with Crippen LogP contribution in [0.4, 0.5) is 4.39 Å². The number of thiocarbonyl (C=S) groups is 1. The number of hydrogen-bond acceptors (Lipinski definition) is 1. The highest BCUT2D eigenvalue weighted by Crippen LogP contribution is 1.70. The molecule has 0 N–H and O–H groups in total. The molecule has 0 rings (SSSR count). The van der Waals surface area contributed by atoms with Gasteiger partial charge in [0.25, 0.3) is 0 Å². The number of halogens is 1. The summed E-state index contributed by atoms with van der Waals surface area (Å²) in [7, 11) is 0. The average molecular weight is 92.1 g/mol. The minimum atomic E-state index is -0.316. The predicted molar refractivity (Wildman–Crippen MR) is 24.2 cm³/mol. The third-order valence-corrected chi connectivity index (χ3v) is 0.463. The van der Waals surface area contributed by atoms with Gasteiger partial charge >= 0.3 is 0 Å². The molecular weight excluding hydrogens is 87.1 g/mol. The maximum Gasteiger partial charge on any atom is 0.0937 e. The van der Waals surface area contributed by atoms with Crippen molar-refractivity contribution in [1.29, 1.82) is 0 Å². The molecule has 0 saturated heterocycles. The van der Waals surface area contributed by atoms with Crippen molar-refractivity contribution in [3.05, 3.63) is 0 Å². The molecule has 0 spiro atoms. The van der Waals surface area contributed by atoms with E-state index in [9.17, 15) is 4.39 Å². The third kappa shape index (κ3) is 4.02. The Bertz CT molecular complexity index is 28.1. The lowest BCUT2D eigenvalue weighted by atomic mass is 10.6. The van der Waals surface area contributed by atoms with E-state index in [0.717, 1.165) is 0 Å². The molecule has 0 atom stereocenters. The minimum absolute atomic E-state index is 0.316. The SMILES string of the molecule is FCCC=S. The predicted octanol–water partition coefficient (Wildman–Crippen LogP) is 1.35. The summed E-state index contributed by atoms with van der Waals surface area (Å²) in [5.41, 5.74) is 0. The largest absolute Gasteiger partial charge is 0.251 e. The van der Waals surface area contributed by atoms with E-state index in [0.29, 0.717) is 6.42 Å². The maximum absolute atomic E-state index is 10.9. The molecule has 5 heavy (non-hydrogen) atoms. The highest BCUT2D eigenvalue weighted by molar-refractivity contribution is 7.78. The van der Waals surface area contributed by atoms with Gasteiger partial charge in [-0.05, 0) is 5.37 Å². The van der Waals surface area contributed by atoms with Crippen LogP contribution in [0.5, 0.6) is 0 Å². The van der Waals surface area contributed by atoms with Crippen LogP contribution in [0.1, 0.15) is 6.42 Å². The fourth-order valence-electron chi connectivity index (χ4n) is 0.0445. The second-order valence-electron chi connectivity index (χ2n) is 0.644. The van der Waals surface area contributed by atoms with Crippen LogP contribution in [0, 0.1) is 0 Å². The summed E-state index contributed by atoms with van der Waals surface area (Å²) in [5.74, 6) is 0. The average Bonchev–Trinajstić information content (AvgIpc) is 1.41. The summed E-state index contributed by atoms with van der Waals surface area (Å²) >= 11 is 4.29. The Hall–Kier alpha value is 0.0200. The van der Waals surface area contributed by atoms with Crippen molar-refractivity contribution in [3.8, 4) is 0 Å². The van der Waals surface area contributed by atoms with Gasteiger partial charge in [-0.15, -0.1) is 0 Å². The van der Waals surface area contributed by atoms with E-state index < -0.39 is 0 Å². The highest BCUT2D eigenvalue weighted by Gasteiger charge is 1.67. The maximum atomic E-state index is 10.9. The lowest BCUT2D eigenvalue weighted by Gasteiger charge is -1.68. The van der Waals surface area contributed by atoms with Gasteiger partial charge in [-0.1, -0.05) is 12.2 Å². The summed E-state index contributed by atoms with van der Waals surface area (Å²) in [6.45, 7) is -0.316. The van der Waals surface area contributed by atoms with Crippen molar-refractivity contribution in [1.82, 2.24) is 0 Å². The van der Waals surface area contributed by atoms with Gasteiger partial charge in [0.05, 0.1) is 6.67 Å². The fraction of sp³-hybridized carbons (Fsp3) is 0.667. The van der Waals surface area contributed by atoms with E-state index in [4.69, 9.17) is 0 Å². The van der Waals surface area contributed by atoms with Crippen LogP contribution in [-0.4, -0.2) is 12.0 Å². The van der Waals surface area contributed by atoms with Crippen molar-refractivity contribution in [2.45, 2.75) is 6.42 Å². The van der Waals surface area contributed by atoms with Gasteiger partial charge in [0, 0.05) is 6.42 Å². The van der Waals surface area contributed by atoms with E-state index in [1.54, 1.807) is 0 Å². The lowest BCUT2D eigenvalue weighted by molar-refractivity contribution is 0.512. The Balaban J connectivity index is 2.40. The lowest BCUT2D eigenvalue weighted by Crippen LogP contribution is -1.69. The minimum Gasteiger partial charge on any atom is -0.251 e. The first-order valence-corrected chi connectivity index (χ1v) is 1.88. The van der Waals surface area contributed by atoms with Crippen molar-refractivity contribution >= 4 is 17.6 Å². The van der Waals surface area contributed by atoms with E-state index in [1.165, 1.54) is 5.37 Å². The van der Waals surface area contributed by atoms with Gasteiger partial charge in [-0.3, -0.25) is 4.39 Å². The molecule has 0 aromatic rings. The molecule has 0 saturated carbocycles.